The SMILES string of the molecule is CCOC(=O)c1cccc(Sc2ccc(CO)cc2)c1. The summed E-state index contributed by atoms with van der Waals surface area (Å²) in [6, 6.07) is 15.0. The lowest BCUT2D eigenvalue weighted by Gasteiger charge is -2.05. The summed E-state index contributed by atoms with van der Waals surface area (Å²) in [6.45, 7) is 2.21. The van der Waals surface area contributed by atoms with Gasteiger partial charge in [-0.25, -0.2) is 4.79 Å². The average molecular weight is 288 g/mol. The van der Waals surface area contributed by atoms with E-state index in [0.717, 1.165) is 15.4 Å². The van der Waals surface area contributed by atoms with Gasteiger partial charge in [0.2, 0.25) is 0 Å². The maximum absolute atomic E-state index is 11.7. The second-order valence-corrected chi connectivity index (χ2v) is 5.30. The number of benzene rings is 2. The molecule has 0 aliphatic rings. The molecule has 0 aliphatic heterocycles. The highest BCUT2D eigenvalue weighted by atomic mass is 32.2. The lowest BCUT2D eigenvalue weighted by Crippen LogP contribution is -2.04. The second-order valence-electron chi connectivity index (χ2n) is 4.15. The van der Waals surface area contributed by atoms with Crippen molar-refractivity contribution in [1.29, 1.82) is 0 Å². The zero-order valence-corrected chi connectivity index (χ0v) is 12.0. The third kappa shape index (κ3) is 3.85. The number of ether oxygens (including phenoxy) is 1. The number of carbonyl (C=O) groups is 1. The van der Waals surface area contributed by atoms with Gasteiger partial charge in [0, 0.05) is 9.79 Å². The summed E-state index contributed by atoms with van der Waals surface area (Å²) in [5, 5.41) is 9.01. The molecule has 0 bridgehead atoms. The van der Waals surface area contributed by atoms with Gasteiger partial charge in [0.15, 0.2) is 0 Å². The van der Waals surface area contributed by atoms with Crippen LogP contribution in [-0.2, 0) is 11.3 Å². The third-order valence-corrected chi connectivity index (χ3v) is 3.68. The van der Waals surface area contributed by atoms with Crippen LogP contribution in [0.15, 0.2) is 58.3 Å². The Morgan fingerprint density at radius 2 is 1.90 bits per heavy atom. The first kappa shape index (κ1) is 14.6. The van der Waals surface area contributed by atoms with E-state index in [-0.39, 0.29) is 12.6 Å². The molecule has 0 aromatic heterocycles. The Morgan fingerprint density at radius 1 is 1.15 bits per heavy atom. The predicted octanol–water partition coefficient (Wildman–Crippen LogP) is 3.51. The van der Waals surface area contributed by atoms with Gasteiger partial charge >= 0.3 is 5.97 Å². The molecule has 1 N–H and O–H groups in total. The van der Waals surface area contributed by atoms with Crippen LogP contribution in [0.5, 0.6) is 0 Å². The average Bonchev–Trinajstić information content (AvgIpc) is 2.48. The molecule has 0 heterocycles. The fourth-order valence-electron chi connectivity index (χ4n) is 1.70. The van der Waals surface area contributed by atoms with E-state index in [4.69, 9.17) is 9.84 Å². The number of rotatable bonds is 5. The molecule has 2 rings (SSSR count). The van der Waals surface area contributed by atoms with Gasteiger partial charge in [0.05, 0.1) is 18.8 Å². The molecular weight excluding hydrogens is 272 g/mol. The number of esters is 1. The Hall–Kier alpha value is -1.78. The molecule has 104 valence electrons. The minimum Gasteiger partial charge on any atom is -0.462 e. The van der Waals surface area contributed by atoms with Crippen molar-refractivity contribution < 1.29 is 14.6 Å². The van der Waals surface area contributed by atoms with Crippen molar-refractivity contribution >= 4 is 17.7 Å². The van der Waals surface area contributed by atoms with Gasteiger partial charge in [-0.15, -0.1) is 0 Å². The summed E-state index contributed by atoms with van der Waals surface area (Å²) in [5.74, 6) is -0.300. The normalized spacial score (nSPS) is 10.3. The molecule has 0 spiro atoms. The third-order valence-electron chi connectivity index (χ3n) is 2.69. The van der Waals surface area contributed by atoms with Crippen molar-refractivity contribution in [2.45, 2.75) is 23.3 Å². The van der Waals surface area contributed by atoms with E-state index in [1.165, 1.54) is 0 Å². The van der Waals surface area contributed by atoms with Crippen LogP contribution < -0.4 is 0 Å². The number of aliphatic hydroxyl groups excluding tert-OH is 1. The van der Waals surface area contributed by atoms with Crippen LogP contribution in [0.25, 0.3) is 0 Å². The molecular formula is C16H16O3S. The van der Waals surface area contributed by atoms with Crippen LogP contribution in [0.2, 0.25) is 0 Å². The standard InChI is InChI=1S/C16H16O3S/c1-2-19-16(18)13-4-3-5-15(10-13)20-14-8-6-12(11-17)7-9-14/h3-10,17H,2,11H2,1H3. The van der Waals surface area contributed by atoms with Gasteiger partial charge in [-0.05, 0) is 42.8 Å². The van der Waals surface area contributed by atoms with Gasteiger partial charge in [-0.1, -0.05) is 30.0 Å². The summed E-state index contributed by atoms with van der Waals surface area (Å²) in [5.41, 5.74) is 1.44. The highest BCUT2D eigenvalue weighted by molar-refractivity contribution is 7.99. The monoisotopic (exact) mass is 288 g/mol. The van der Waals surface area contributed by atoms with Gasteiger partial charge in [-0.3, -0.25) is 0 Å². The summed E-state index contributed by atoms with van der Waals surface area (Å²) < 4.78 is 4.99. The van der Waals surface area contributed by atoms with Crippen molar-refractivity contribution in [3.8, 4) is 0 Å². The van der Waals surface area contributed by atoms with Crippen molar-refractivity contribution in [2.75, 3.05) is 6.61 Å². The Balaban J connectivity index is 2.12. The summed E-state index contributed by atoms with van der Waals surface area (Å²) >= 11 is 1.57. The molecule has 20 heavy (non-hydrogen) atoms. The molecule has 0 saturated carbocycles. The van der Waals surface area contributed by atoms with E-state index in [0.29, 0.717) is 12.2 Å². The fraction of sp³-hybridized carbons (Fsp3) is 0.188. The number of carbonyl (C=O) groups excluding carboxylic acids is 1. The van der Waals surface area contributed by atoms with E-state index < -0.39 is 0 Å². The number of aliphatic hydroxyl groups is 1. The minimum atomic E-state index is -0.300. The van der Waals surface area contributed by atoms with Crippen LogP contribution in [-0.4, -0.2) is 17.7 Å². The van der Waals surface area contributed by atoms with Gasteiger partial charge in [-0.2, -0.15) is 0 Å². The molecule has 4 heteroatoms. The Labute approximate surface area is 122 Å². The molecule has 0 unspecified atom stereocenters. The highest BCUT2D eigenvalue weighted by Crippen LogP contribution is 2.28. The van der Waals surface area contributed by atoms with Crippen LogP contribution in [0.1, 0.15) is 22.8 Å². The van der Waals surface area contributed by atoms with E-state index >= 15 is 0 Å². The smallest absolute Gasteiger partial charge is 0.338 e. The Morgan fingerprint density at radius 3 is 2.55 bits per heavy atom. The van der Waals surface area contributed by atoms with Crippen LogP contribution in [0.4, 0.5) is 0 Å². The lowest BCUT2D eigenvalue weighted by atomic mass is 10.2. The summed E-state index contributed by atoms with van der Waals surface area (Å²) in [6.07, 6.45) is 0. The maximum Gasteiger partial charge on any atom is 0.338 e. The first-order valence-electron chi connectivity index (χ1n) is 6.37. The molecule has 0 radical (unpaired) electrons. The highest BCUT2D eigenvalue weighted by Gasteiger charge is 2.07. The first-order valence-corrected chi connectivity index (χ1v) is 7.19. The topological polar surface area (TPSA) is 46.5 Å². The first-order chi connectivity index (χ1) is 9.72. The van der Waals surface area contributed by atoms with Crippen molar-refractivity contribution in [3.63, 3.8) is 0 Å². The Kier molecular flexibility index (Phi) is 5.21. The number of hydrogen-bond donors (Lipinski definition) is 1. The van der Waals surface area contributed by atoms with E-state index in [1.54, 1.807) is 24.8 Å². The molecule has 0 saturated heterocycles. The van der Waals surface area contributed by atoms with Gasteiger partial charge in [0.1, 0.15) is 0 Å². The molecule has 0 fully saturated rings. The quantitative estimate of drug-likeness (QED) is 0.855. The van der Waals surface area contributed by atoms with E-state index in [2.05, 4.69) is 0 Å². The van der Waals surface area contributed by atoms with E-state index in [1.807, 2.05) is 42.5 Å². The predicted molar refractivity (Wildman–Crippen MR) is 78.9 cm³/mol. The second kappa shape index (κ2) is 7.12. The number of hydrogen-bond acceptors (Lipinski definition) is 4. The fourth-order valence-corrected chi connectivity index (χ4v) is 2.58. The molecule has 2 aromatic rings. The van der Waals surface area contributed by atoms with Gasteiger partial charge < -0.3 is 9.84 Å². The Bertz CT molecular complexity index is 579. The van der Waals surface area contributed by atoms with E-state index in [9.17, 15) is 4.79 Å². The summed E-state index contributed by atoms with van der Waals surface area (Å²) in [7, 11) is 0. The maximum atomic E-state index is 11.7. The molecule has 3 nitrogen and oxygen atoms in total. The lowest BCUT2D eigenvalue weighted by molar-refractivity contribution is 0.0526. The molecule has 0 aliphatic carbocycles. The zero-order chi connectivity index (χ0) is 14.4. The van der Waals surface area contributed by atoms with Crippen molar-refractivity contribution in [3.05, 3.63) is 59.7 Å². The van der Waals surface area contributed by atoms with Crippen molar-refractivity contribution in [1.82, 2.24) is 0 Å². The van der Waals surface area contributed by atoms with Crippen molar-refractivity contribution in [2.24, 2.45) is 0 Å². The molecule has 0 amide bonds. The molecule has 0 atom stereocenters. The van der Waals surface area contributed by atoms with Crippen LogP contribution in [0.3, 0.4) is 0 Å². The van der Waals surface area contributed by atoms with Crippen LogP contribution in [0, 0.1) is 0 Å². The molecule has 2 aromatic carbocycles. The minimum absolute atomic E-state index is 0.0449. The summed E-state index contributed by atoms with van der Waals surface area (Å²) in [4.78, 5) is 13.7. The zero-order valence-electron chi connectivity index (χ0n) is 11.2. The largest absolute Gasteiger partial charge is 0.462 e. The van der Waals surface area contributed by atoms with Gasteiger partial charge in [0.25, 0.3) is 0 Å². The van der Waals surface area contributed by atoms with Crippen LogP contribution >= 0.6 is 11.8 Å².